The smallest absolute Gasteiger partial charge is 0.238 e. The second-order valence-electron chi connectivity index (χ2n) is 4.25. The Morgan fingerprint density at radius 3 is 2.50 bits per heavy atom. The standard InChI is InChI=1S/C13H21N3O2/c1-14-10-13(17)15-11-4-6-12(7-5-11)18-9-8-16(2)3/h4-7,14H,8-10H2,1-3H3,(H,15,17). The van der Waals surface area contributed by atoms with Crippen molar-refractivity contribution < 1.29 is 9.53 Å². The summed E-state index contributed by atoms with van der Waals surface area (Å²) in [5.74, 6) is 0.752. The maximum atomic E-state index is 11.3. The summed E-state index contributed by atoms with van der Waals surface area (Å²) in [6.45, 7) is 1.83. The van der Waals surface area contributed by atoms with E-state index in [0.29, 0.717) is 13.2 Å². The van der Waals surface area contributed by atoms with Gasteiger partial charge in [0.25, 0.3) is 0 Å². The highest BCUT2D eigenvalue weighted by Crippen LogP contribution is 2.15. The zero-order chi connectivity index (χ0) is 13.4. The number of likely N-dealkylation sites (N-methyl/N-ethyl adjacent to an activating group) is 2. The Morgan fingerprint density at radius 1 is 1.28 bits per heavy atom. The van der Waals surface area contributed by atoms with Gasteiger partial charge in [0.2, 0.25) is 5.91 Å². The van der Waals surface area contributed by atoms with Crippen molar-refractivity contribution >= 4 is 11.6 Å². The number of carbonyl (C=O) groups excluding carboxylic acids is 1. The van der Waals surface area contributed by atoms with Crippen LogP contribution >= 0.6 is 0 Å². The topological polar surface area (TPSA) is 53.6 Å². The minimum absolute atomic E-state index is 0.0567. The Labute approximate surface area is 108 Å². The van der Waals surface area contributed by atoms with E-state index in [1.54, 1.807) is 7.05 Å². The molecule has 0 bridgehead atoms. The molecule has 18 heavy (non-hydrogen) atoms. The Morgan fingerprint density at radius 2 is 1.94 bits per heavy atom. The van der Waals surface area contributed by atoms with Crippen LogP contribution in [-0.4, -0.2) is 51.6 Å². The molecule has 0 radical (unpaired) electrons. The lowest BCUT2D eigenvalue weighted by Gasteiger charge is -2.11. The van der Waals surface area contributed by atoms with Gasteiger partial charge in [-0.15, -0.1) is 0 Å². The summed E-state index contributed by atoms with van der Waals surface area (Å²) in [5, 5.41) is 5.58. The fourth-order valence-corrected chi connectivity index (χ4v) is 1.35. The Bertz CT molecular complexity index is 363. The van der Waals surface area contributed by atoms with E-state index >= 15 is 0 Å². The molecule has 0 fully saturated rings. The van der Waals surface area contributed by atoms with Crippen molar-refractivity contribution in [3.63, 3.8) is 0 Å². The number of nitrogens with one attached hydrogen (secondary N) is 2. The minimum atomic E-state index is -0.0567. The minimum Gasteiger partial charge on any atom is -0.492 e. The van der Waals surface area contributed by atoms with Gasteiger partial charge in [-0.05, 0) is 45.4 Å². The first-order valence-electron chi connectivity index (χ1n) is 5.94. The first kappa shape index (κ1) is 14.5. The van der Waals surface area contributed by atoms with Crippen LogP contribution in [0.3, 0.4) is 0 Å². The van der Waals surface area contributed by atoms with E-state index in [9.17, 15) is 4.79 Å². The SMILES string of the molecule is CNCC(=O)Nc1ccc(OCCN(C)C)cc1. The first-order chi connectivity index (χ1) is 8.61. The van der Waals surface area contributed by atoms with Crippen LogP contribution in [-0.2, 0) is 4.79 Å². The number of hydrogen-bond donors (Lipinski definition) is 2. The van der Waals surface area contributed by atoms with E-state index < -0.39 is 0 Å². The van der Waals surface area contributed by atoms with Crippen molar-refractivity contribution in [3.8, 4) is 5.75 Å². The normalized spacial score (nSPS) is 10.4. The molecule has 1 amide bonds. The molecule has 0 aliphatic heterocycles. The second kappa shape index (κ2) is 7.68. The lowest BCUT2D eigenvalue weighted by atomic mass is 10.3. The van der Waals surface area contributed by atoms with Crippen LogP contribution in [0.25, 0.3) is 0 Å². The molecule has 0 saturated heterocycles. The monoisotopic (exact) mass is 251 g/mol. The third-order valence-electron chi connectivity index (χ3n) is 2.28. The van der Waals surface area contributed by atoms with Crippen LogP contribution in [0, 0.1) is 0 Å². The van der Waals surface area contributed by atoms with Gasteiger partial charge in [-0.3, -0.25) is 4.79 Å². The molecule has 0 aliphatic rings. The molecule has 1 aromatic rings. The van der Waals surface area contributed by atoms with Crippen LogP contribution < -0.4 is 15.4 Å². The summed E-state index contributed by atoms with van der Waals surface area (Å²) in [6.07, 6.45) is 0. The number of anilines is 1. The molecule has 0 aromatic heterocycles. The van der Waals surface area contributed by atoms with Crippen molar-refractivity contribution in [2.45, 2.75) is 0 Å². The average molecular weight is 251 g/mol. The number of ether oxygens (including phenoxy) is 1. The average Bonchev–Trinajstić information content (AvgIpc) is 2.31. The Hall–Kier alpha value is -1.59. The van der Waals surface area contributed by atoms with E-state index in [1.807, 2.05) is 38.4 Å². The van der Waals surface area contributed by atoms with Crippen LogP contribution in [0.4, 0.5) is 5.69 Å². The molecular formula is C13H21N3O2. The van der Waals surface area contributed by atoms with E-state index in [2.05, 4.69) is 15.5 Å². The lowest BCUT2D eigenvalue weighted by molar-refractivity contribution is -0.115. The number of hydrogen-bond acceptors (Lipinski definition) is 4. The predicted molar refractivity (Wildman–Crippen MR) is 73.0 cm³/mol. The number of nitrogens with zero attached hydrogens (tertiary/aromatic N) is 1. The molecule has 0 atom stereocenters. The molecule has 0 saturated carbocycles. The molecular weight excluding hydrogens is 230 g/mol. The van der Waals surface area contributed by atoms with Gasteiger partial charge in [0.15, 0.2) is 0 Å². The van der Waals surface area contributed by atoms with Gasteiger partial charge < -0.3 is 20.3 Å². The summed E-state index contributed by atoms with van der Waals surface area (Å²) in [7, 11) is 5.74. The number of benzene rings is 1. The van der Waals surface area contributed by atoms with Gasteiger partial charge in [-0.25, -0.2) is 0 Å². The molecule has 0 unspecified atom stereocenters. The van der Waals surface area contributed by atoms with Gasteiger partial charge in [-0.1, -0.05) is 0 Å². The van der Waals surface area contributed by atoms with Crippen LogP contribution in [0.15, 0.2) is 24.3 Å². The van der Waals surface area contributed by atoms with Crippen LogP contribution in [0.5, 0.6) is 5.75 Å². The van der Waals surface area contributed by atoms with Gasteiger partial charge in [0, 0.05) is 12.2 Å². The van der Waals surface area contributed by atoms with Gasteiger partial charge in [0.1, 0.15) is 12.4 Å². The number of rotatable bonds is 7. The Balaban J connectivity index is 2.40. The number of carbonyl (C=O) groups is 1. The number of amides is 1. The highest BCUT2D eigenvalue weighted by Gasteiger charge is 2.01. The molecule has 5 heteroatoms. The van der Waals surface area contributed by atoms with E-state index in [0.717, 1.165) is 18.0 Å². The van der Waals surface area contributed by atoms with Crippen molar-refractivity contribution in [2.24, 2.45) is 0 Å². The van der Waals surface area contributed by atoms with Gasteiger partial charge >= 0.3 is 0 Å². The van der Waals surface area contributed by atoms with Crippen molar-refractivity contribution in [3.05, 3.63) is 24.3 Å². The third-order valence-corrected chi connectivity index (χ3v) is 2.28. The molecule has 0 spiro atoms. The zero-order valence-electron chi connectivity index (χ0n) is 11.2. The summed E-state index contributed by atoms with van der Waals surface area (Å²) in [4.78, 5) is 13.4. The quantitative estimate of drug-likeness (QED) is 0.752. The molecule has 0 heterocycles. The lowest BCUT2D eigenvalue weighted by Crippen LogP contribution is -2.25. The zero-order valence-corrected chi connectivity index (χ0v) is 11.2. The molecule has 5 nitrogen and oxygen atoms in total. The van der Waals surface area contributed by atoms with E-state index in [1.165, 1.54) is 0 Å². The van der Waals surface area contributed by atoms with E-state index in [4.69, 9.17) is 4.74 Å². The van der Waals surface area contributed by atoms with Crippen molar-refractivity contribution in [2.75, 3.05) is 46.2 Å². The Kier molecular flexibility index (Phi) is 6.18. The fourth-order valence-electron chi connectivity index (χ4n) is 1.35. The molecule has 2 N–H and O–H groups in total. The van der Waals surface area contributed by atoms with Gasteiger partial charge in [-0.2, -0.15) is 0 Å². The van der Waals surface area contributed by atoms with Crippen LogP contribution in [0.1, 0.15) is 0 Å². The van der Waals surface area contributed by atoms with E-state index in [-0.39, 0.29) is 5.91 Å². The highest BCUT2D eigenvalue weighted by molar-refractivity contribution is 5.92. The summed E-state index contributed by atoms with van der Waals surface area (Å²) >= 11 is 0. The summed E-state index contributed by atoms with van der Waals surface area (Å²) in [5.41, 5.74) is 0.773. The van der Waals surface area contributed by atoms with Gasteiger partial charge in [0.05, 0.1) is 6.54 Å². The maximum absolute atomic E-state index is 11.3. The fraction of sp³-hybridized carbons (Fsp3) is 0.462. The summed E-state index contributed by atoms with van der Waals surface area (Å²) in [6, 6.07) is 7.37. The molecule has 1 rings (SSSR count). The highest BCUT2D eigenvalue weighted by atomic mass is 16.5. The maximum Gasteiger partial charge on any atom is 0.238 e. The molecule has 0 aliphatic carbocycles. The molecule has 1 aromatic carbocycles. The molecule has 100 valence electrons. The largest absolute Gasteiger partial charge is 0.492 e. The van der Waals surface area contributed by atoms with Crippen LogP contribution in [0.2, 0.25) is 0 Å². The van der Waals surface area contributed by atoms with Crippen molar-refractivity contribution in [1.82, 2.24) is 10.2 Å². The van der Waals surface area contributed by atoms with Crippen molar-refractivity contribution in [1.29, 1.82) is 0 Å². The summed E-state index contributed by atoms with van der Waals surface area (Å²) < 4.78 is 5.56. The second-order valence-corrected chi connectivity index (χ2v) is 4.25. The third kappa shape index (κ3) is 5.65. The predicted octanol–water partition coefficient (Wildman–Crippen LogP) is 0.785. The first-order valence-corrected chi connectivity index (χ1v) is 5.94.